The molecule has 2 aromatic rings. The van der Waals surface area contributed by atoms with Gasteiger partial charge in [0, 0.05) is 5.56 Å². The Labute approximate surface area is 145 Å². The van der Waals surface area contributed by atoms with Crippen molar-refractivity contribution in [3.63, 3.8) is 0 Å². The molecule has 128 valence electrons. The van der Waals surface area contributed by atoms with Gasteiger partial charge in [-0.1, -0.05) is 36.4 Å². The van der Waals surface area contributed by atoms with Crippen LogP contribution in [0, 0.1) is 5.82 Å². The van der Waals surface area contributed by atoms with E-state index in [2.05, 4.69) is 0 Å². The van der Waals surface area contributed by atoms with E-state index < -0.39 is 5.82 Å². The number of carbonyl (C=O) groups is 1. The van der Waals surface area contributed by atoms with Gasteiger partial charge in [0.05, 0.1) is 18.2 Å². The number of hydroxylamine groups is 2. The van der Waals surface area contributed by atoms with Gasteiger partial charge >= 0.3 is 0 Å². The van der Waals surface area contributed by atoms with Gasteiger partial charge in [-0.3, -0.25) is 4.79 Å². The maximum atomic E-state index is 13.6. The van der Waals surface area contributed by atoms with Crippen LogP contribution in [0.5, 0.6) is 5.75 Å². The van der Waals surface area contributed by atoms with Gasteiger partial charge in [0.1, 0.15) is 11.6 Å². The minimum Gasteiger partial charge on any atom is -0.508 e. The van der Waals surface area contributed by atoms with Gasteiger partial charge in [-0.2, -0.15) is 0 Å². The number of halogens is 1. The Balaban J connectivity index is 1.94. The molecular weight excluding hydrogens is 321 g/mol. The molecule has 4 nitrogen and oxygen atoms in total. The first-order chi connectivity index (χ1) is 12.1. The van der Waals surface area contributed by atoms with Crippen LogP contribution in [0.15, 0.2) is 66.3 Å². The van der Waals surface area contributed by atoms with E-state index in [-0.39, 0.29) is 11.8 Å². The largest absolute Gasteiger partial charge is 0.508 e. The van der Waals surface area contributed by atoms with Crippen molar-refractivity contribution in [3.8, 4) is 5.75 Å². The third-order valence-electron chi connectivity index (χ3n) is 3.96. The van der Waals surface area contributed by atoms with E-state index in [9.17, 15) is 14.3 Å². The molecule has 1 atom stereocenters. The summed E-state index contributed by atoms with van der Waals surface area (Å²) in [5.41, 5.74) is 1.88. The van der Waals surface area contributed by atoms with Gasteiger partial charge in [0.2, 0.25) is 0 Å². The van der Waals surface area contributed by atoms with E-state index in [0.717, 1.165) is 11.8 Å². The fourth-order valence-electron chi connectivity index (χ4n) is 2.78. The monoisotopic (exact) mass is 339 g/mol. The van der Waals surface area contributed by atoms with Crippen LogP contribution in [0.1, 0.15) is 18.1 Å². The van der Waals surface area contributed by atoms with Crippen molar-refractivity contribution >= 4 is 12.0 Å². The number of phenols is 1. The fourth-order valence-corrected chi connectivity index (χ4v) is 2.78. The lowest BCUT2D eigenvalue weighted by Crippen LogP contribution is -2.29. The first-order valence-corrected chi connectivity index (χ1v) is 7.93. The number of aldehydes is 1. The second kappa shape index (κ2) is 7.32. The summed E-state index contributed by atoms with van der Waals surface area (Å²) in [6.07, 6.45) is 4.45. The topological polar surface area (TPSA) is 49.8 Å². The van der Waals surface area contributed by atoms with Gasteiger partial charge < -0.3 is 9.94 Å². The van der Waals surface area contributed by atoms with Crippen LogP contribution in [-0.4, -0.2) is 22.5 Å². The molecule has 0 amide bonds. The van der Waals surface area contributed by atoms with E-state index in [4.69, 9.17) is 4.84 Å². The number of allylic oxidation sites excluding steroid dienone is 1. The molecule has 0 radical (unpaired) electrons. The van der Waals surface area contributed by atoms with Gasteiger partial charge in [0.15, 0.2) is 12.0 Å². The number of hydrogen-bond donors (Lipinski definition) is 1. The first-order valence-electron chi connectivity index (χ1n) is 7.93. The van der Waals surface area contributed by atoms with Crippen molar-refractivity contribution in [2.45, 2.75) is 19.5 Å². The predicted octanol–water partition coefficient (Wildman–Crippen LogP) is 3.83. The van der Waals surface area contributed by atoms with Gasteiger partial charge in [0.25, 0.3) is 0 Å². The van der Waals surface area contributed by atoms with Crippen molar-refractivity contribution in [1.29, 1.82) is 0 Å². The molecule has 0 saturated heterocycles. The highest BCUT2D eigenvalue weighted by Crippen LogP contribution is 2.34. The Hall–Kier alpha value is -2.92. The average Bonchev–Trinajstić information content (AvgIpc) is 2.95. The van der Waals surface area contributed by atoms with E-state index in [1.54, 1.807) is 41.5 Å². The SMILES string of the molecule is CC=CC1C(C=O)=C(c2cccc(F)c2)ON1Cc1ccc(O)cc1. The number of benzene rings is 2. The maximum Gasteiger partial charge on any atom is 0.163 e. The van der Waals surface area contributed by atoms with E-state index >= 15 is 0 Å². The third kappa shape index (κ3) is 3.61. The van der Waals surface area contributed by atoms with E-state index in [0.29, 0.717) is 23.4 Å². The summed E-state index contributed by atoms with van der Waals surface area (Å²) in [6.45, 7) is 2.27. The maximum absolute atomic E-state index is 13.6. The summed E-state index contributed by atoms with van der Waals surface area (Å²) in [4.78, 5) is 17.6. The summed E-state index contributed by atoms with van der Waals surface area (Å²) in [7, 11) is 0. The minimum atomic E-state index is -0.390. The molecule has 1 heterocycles. The number of hydrogen-bond acceptors (Lipinski definition) is 4. The lowest BCUT2D eigenvalue weighted by molar-refractivity contribution is -0.107. The van der Waals surface area contributed by atoms with Crippen LogP contribution in [0.4, 0.5) is 4.39 Å². The van der Waals surface area contributed by atoms with Crippen LogP contribution < -0.4 is 0 Å². The molecular formula is C20H18FNO3. The fraction of sp³-hybridized carbons (Fsp3) is 0.150. The molecule has 1 unspecified atom stereocenters. The summed E-state index contributed by atoms with van der Waals surface area (Å²) in [5.74, 6) is 0.151. The number of phenolic OH excluding ortho intramolecular Hbond substituents is 1. The summed E-state index contributed by atoms with van der Waals surface area (Å²) in [5, 5.41) is 11.1. The number of carbonyl (C=O) groups excluding carboxylic acids is 1. The number of aromatic hydroxyl groups is 1. The van der Waals surface area contributed by atoms with Crippen LogP contribution >= 0.6 is 0 Å². The van der Waals surface area contributed by atoms with E-state index in [1.165, 1.54) is 12.1 Å². The highest BCUT2D eigenvalue weighted by Gasteiger charge is 2.34. The summed E-state index contributed by atoms with van der Waals surface area (Å²) < 4.78 is 13.6. The zero-order valence-electron chi connectivity index (χ0n) is 13.7. The molecule has 2 aromatic carbocycles. The van der Waals surface area contributed by atoms with Gasteiger partial charge in [-0.05, 0) is 36.8 Å². The molecule has 0 aliphatic carbocycles. The molecule has 1 N–H and O–H groups in total. The zero-order valence-corrected chi connectivity index (χ0v) is 13.7. The standard InChI is InChI=1S/C20H18FNO3/c1-2-4-19-18(13-23)20(15-5-3-6-16(21)11-15)25-22(19)12-14-7-9-17(24)10-8-14/h2-11,13,19,24H,12H2,1H3. The van der Waals surface area contributed by atoms with Crippen LogP contribution in [0.2, 0.25) is 0 Å². The Kier molecular flexibility index (Phi) is 4.95. The third-order valence-corrected chi connectivity index (χ3v) is 3.96. The smallest absolute Gasteiger partial charge is 0.163 e. The quantitative estimate of drug-likeness (QED) is 0.664. The summed E-state index contributed by atoms with van der Waals surface area (Å²) in [6, 6.07) is 12.4. The zero-order chi connectivity index (χ0) is 17.8. The predicted molar refractivity (Wildman–Crippen MR) is 92.7 cm³/mol. The summed E-state index contributed by atoms with van der Waals surface area (Å²) >= 11 is 0. The number of nitrogens with zero attached hydrogens (tertiary/aromatic N) is 1. The van der Waals surface area contributed by atoms with Gasteiger partial charge in [-0.15, -0.1) is 5.06 Å². The Morgan fingerprint density at radius 3 is 2.64 bits per heavy atom. The lowest BCUT2D eigenvalue weighted by Gasteiger charge is -2.21. The molecule has 1 aliphatic heterocycles. The normalized spacial score (nSPS) is 17.9. The molecule has 0 fully saturated rings. The van der Waals surface area contributed by atoms with Crippen molar-refractivity contribution in [2.24, 2.45) is 0 Å². The van der Waals surface area contributed by atoms with Crippen LogP contribution in [0.25, 0.3) is 5.76 Å². The van der Waals surface area contributed by atoms with Gasteiger partial charge in [-0.25, -0.2) is 4.39 Å². The van der Waals surface area contributed by atoms with E-state index in [1.807, 2.05) is 19.1 Å². The van der Waals surface area contributed by atoms with Crippen molar-refractivity contribution in [1.82, 2.24) is 5.06 Å². The lowest BCUT2D eigenvalue weighted by atomic mass is 10.0. The Morgan fingerprint density at radius 2 is 2.00 bits per heavy atom. The van der Waals surface area contributed by atoms with Crippen LogP contribution in [0.3, 0.4) is 0 Å². The Morgan fingerprint density at radius 1 is 1.24 bits per heavy atom. The molecule has 0 saturated carbocycles. The molecule has 1 aliphatic rings. The highest BCUT2D eigenvalue weighted by atomic mass is 19.1. The molecule has 25 heavy (non-hydrogen) atoms. The first kappa shape index (κ1) is 16.9. The Bertz CT molecular complexity index is 827. The van der Waals surface area contributed by atoms with Crippen LogP contribution in [-0.2, 0) is 16.2 Å². The van der Waals surface area contributed by atoms with Crippen molar-refractivity contribution in [2.75, 3.05) is 0 Å². The molecule has 0 bridgehead atoms. The average molecular weight is 339 g/mol. The molecule has 0 spiro atoms. The second-order valence-corrected chi connectivity index (χ2v) is 5.72. The highest BCUT2D eigenvalue weighted by molar-refractivity contribution is 5.89. The molecule has 5 heteroatoms. The second-order valence-electron chi connectivity index (χ2n) is 5.72. The number of rotatable bonds is 5. The van der Waals surface area contributed by atoms with Crippen molar-refractivity contribution in [3.05, 3.63) is 83.2 Å². The molecule has 0 aromatic heterocycles. The minimum absolute atomic E-state index is 0.184. The molecule has 3 rings (SSSR count). The van der Waals surface area contributed by atoms with Crippen molar-refractivity contribution < 1.29 is 19.1 Å².